The Hall–Kier alpha value is -1.92. The smallest absolute Gasteiger partial charge is 0.338 e. The van der Waals surface area contributed by atoms with Crippen LogP contribution in [-0.2, 0) is 4.74 Å². The van der Waals surface area contributed by atoms with Gasteiger partial charge >= 0.3 is 5.97 Å². The van der Waals surface area contributed by atoms with E-state index in [1.807, 2.05) is 30.3 Å². The van der Waals surface area contributed by atoms with E-state index in [0.717, 1.165) is 15.8 Å². The van der Waals surface area contributed by atoms with Crippen molar-refractivity contribution in [3.8, 4) is 0 Å². The topological polar surface area (TPSA) is 50.4 Å². The lowest BCUT2D eigenvalue weighted by Crippen LogP contribution is -2.19. The van der Waals surface area contributed by atoms with Crippen LogP contribution in [0.4, 0.5) is 11.4 Å². The van der Waals surface area contributed by atoms with Gasteiger partial charge in [0, 0.05) is 15.8 Å². The Kier molecular flexibility index (Phi) is 5.91. The van der Waals surface area contributed by atoms with Crippen LogP contribution in [0.2, 0.25) is 0 Å². The number of hydrogen-bond acceptors (Lipinski definition) is 3. The van der Waals surface area contributed by atoms with Gasteiger partial charge in [-0.15, -0.1) is 0 Å². The lowest BCUT2D eigenvalue weighted by atomic mass is 10.2. The average molecular weight is 379 g/mol. The summed E-state index contributed by atoms with van der Waals surface area (Å²) in [4.78, 5) is 11.7. The molecule has 0 amide bonds. The van der Waals surface area contributed by atoms with Gasteiger partial charge in [-0.3, -0.25) is 0 Å². The summed E-state index contributed by atoms with van der Waals surface area (Å²) in [5.74, 6) is -0.349. The van der Waals surface area contributed by atoms with Crippen LogP contribution in [0.25, 0.3) is 0 Å². The van der Waals surface area contributed by atoms with E-state index in [1.54, 1.807) is 25.1 Å². The summed E-state index contributed by atoms with van der Waals surface area (Å²) in [6.07, 6.45) is 0. The third-order valence-electron chi connectivity index (χ3n) is 2.73. The lowest BCUT2D eigenvalue weighted by Gasteiger charge is -2.11. The summed E-state index contributed by atoms with van der Waals surface area (Å²) < 4.78 is 5.97. The van der Waals surface area contributed by atoms with Gasteiger partial charge in [0.15, 0.2) is 5.11 Å². The predicted molar refractivity (Wildman–Crippen MR) is 96.4 cm³/mol. The SMILES string of the molecule is CCOC(=O)c1cccc(NC(=S)Nc2ccc(Br)cc2)c1. The third kappa shape index (κ3) is 4.82. The monoisotopic (exact) mass is 378 g/mol. The number of esters is 1. The fraction of sp³-hybridized carbons (Fsp3) is 0.125. The molecule has 0 aliphatic carbocycles. The van der Waals surface area contributed by atoms with Crippen molar-refractivity contribution in [1.29, 1.82) is 0 Å². The first-order chi connectivity index (χ1) is 10.6. The minimum Gasteiger partial charge on any atom is -0.462 e. The molecule has 0 atom stereocenters. The van der Waals surface area contributed by atoms with Crippen molar-refractivity contribution in [2.45, 2.75) is 6.92 Å². The zero-order valence-corrected chi connectivity index (χ0v) is 14.3. The Bertz CT molecular complexity index is 674. The van der Waals surface area contributed by atoms with E-state index in [9.17, 15) is 4.79 Å². The zero-order valence-electron chi connectivity index (χ0n) is 11.9. The highest BCUT2D eigenvalue weighted by Gasteiger charge is 2.07. The summed E-state index contributed by atoms with van der Waals surface area (Å²) in [7, 11) is 0. The van der Waals surface area contributed by atoms with Crippen LogP contribution in [-0.4, -0.2) is 17.7 Å². The molecule has 0 bridgehead atoms. The Morgan fingerprint density at radius 1 is 1.14 bits per heavy atom. The predicted octanol–water partition coefficient (Wildman–Crippen LogP) is 4.43. The highest BCUT2D eigenvalue weighted by molar-refractivity contribution is 9.10. The number of carbonyl (C=O) groups excluding carboxylic acids is 1. The molecule has 2 aromatic carbocycles. The molecule has 0 aliphatic heterocycles. The highest BCUT2D eigenvalue weighted by atomic mass is 79.9. The van der Waals surface area contributed by atoms with Gasteiger partial charge in [-0.25, -0.2) is 4.79 Å². The maximum Gasteiger partial charge on any atom is 0.338 e. The molecule has 2 N–H and O–H groups in total. The minimum atomic E-state index is -0.349. The molecule has 0 saturated heterocycles. The van der Waals surface area contributed by atoms with Crippen molar-refractivity contribution in [3.05, 3.63) is 58.6 Å². The fourth-order valence-corrected chi connectivity index (χ4v) is 2.27. The molecule has 0 aromatic heterocycles. The Labute approximate surface area is 143 Å². The first-order valence-corrected chi connectivity index (χ1v) is 7.89. The van der Waals surface area contributed by atoms with Gasteiger partial charge in [0.05, 0.1) is 12.2 Å². The Morgan fingerprint density at radius 2 is 1.82 bits per heavy atom. The van der Waals surface area contributed by atoms with Gasteiger partial charge in [0.25, 0.3) is 0 Å². The number of thiocarbonyl (C=S) groups is 1. The molecule has 0 fully saturated rings. The van der Waals surface area contributed by atoms with Crippen LogP contribution in [0.5, 0.6) is 0 Å². The summed E-state index contributed by atoms with van der Waals surface area (Å²) in [5.41, 5.74) is 2.08. The number of hydrogen-bond donors (Lipinski definition) is 2. The van der Waals surface area contributed by atoms with Crippen LogP contribution in [0, 0.1) is 0 Å². The van der Waals surface area contributed by atoms with E-state index in [0.29, 0.717) is 17.3 Å². The van der Waals surface area contributed by atoms with Crippen molar-refractivity contribution in [1.82, 2.24) is 0 Å². The minimum absolute atomic E-state index is 0.347. The molecule has 6 heteroatoms. The standard InChI is InChI=1S/C16H15BrN2O2S/c1-2-21-15(20)11-4-3-5-14(10-11)19-16(22)18-13-8-6-12(17)7-9-13/h3-10H,2H2,1H3,(H2,18,19,22). The van der Waals surface area contributed by atoms with Gasteiger partial charge in [0.1, 0.15) is 0 Å². The van der Waals surface area contributed by atoms with Crippen molar-refractivity contribution in [3.63, 3.8) is 0 Å². The highest BCUT2D eigenvalue weighted by Crippen LogP contribution is 2.16. The summed E-state index contributed by atoms with van der Waals surface area (Å²) >= 11 is 8.64. The van der Waals surface area contributed by atoms with E-state index in [-0.39, 0.29) is 5.97 Å². The summed E-state index contributed by atoms with van der Waals surface area (Å²) in [6.45, 7) is 2.12. The van der Waals surface area contributed by atoms with Crippen molar-refractivity contribution < 1.29 is 9.53 Å². The number of nitrogens with one attached hydrogen (secondary N) is 2. The van der Waals surface area contributed by atoms with Crippen molar-refractivity contribution >= 4 is 50.6 Å². The molecular weight excluding hydrogens is 364 g/mol. The molecule has 0 heterocycles. The second-order valence-corrected chi connectivity index (χ2v) is 5.71. The number of carbonyl (C=O) groups is 1. The molecule has 0 aliphatic rings. The second-order valence-electron chi connectivity index (χ2n) is 4.39. The summed E-state index contributed by atoms with van der Waals surface area (Å²) in [6, 6.07) is 14.7. The van der Waals surface area contributed by atoms with Gasteiger partial charge in [-0.1, -0.05) is 22.0 Å². The molecule has 4 nitrogen and oxygen atoms in total. The van der Waals surface area contributed by atoms with Gasteiger partial charge in [-0.2, -0.15) is 0 Å². The van der Waals surface area contributed by atoms with Gasteiger partial charge in [-0.05, 0) is 61.6 Å². The quantitative estimate of drug-likeness (QED) is 0.608. The van der Waals surface area contributed by atoms with E-state index < -0.39 is 0 Å². The van der Waals surface area contributed by atoms with E-state index in [2.05, 4.69) is 26.6 Å². The molecule has 22 heavy (non-hydrogen) atoms. The zero-order chi connectivity index (χ0) is 15.9. The third-order valence-corrected chi connectivity index (χ3v) is 3.47. The summed E-state index contributed by atoms with van der Waals surface area (Å²) in [5, 5.41) is 6.57. The molecular formula is C16H15BrN2O2S. The number of benzene rings is 2. The van der Waals surface area contributed by atoms with Crippen molar-refractivity contribution in [2.24, 2.45) is 0 Å². The number of ether oxygens (including phenoxy) is 1. The van der Waals surface area contributed by atoms with Crippen molar-refractivity contribution in [2.75, 3.05) is 17.2 Å². The largest absolute Gasteiger partial charge is 0.462 e. The molecule has 0 spiro atoms. The molecule has 0 radical (unpaired) electrons. The Morgan fingerprint density at radius 3 is 2.50 bits per heavy atom. The Balaban J connectivity index is 2.00. The van der Waals surface area contributed by atoms with E-state index >= 15 is 0 Å². The van der Waals surface area contributed by atoms with Crippen LogP contribution in [0.15, 0.2) is 53.0 Å². The molecule has 0 unspecified atom stereocenters. The number of anilines is 2. The second kappa shape index (κ2) is 7.91. The number of halogens is 1. The molecule has 0 saturated carbocycles. The van der Waals surface area contributed by atoms with E-state index in [4.69, 9.17) is 17.0 Å². The maximum absolute atomic E-state index is 11.7. The van der Waals surface area contributed by atoms with Gasteiger partial charge in [0.2, 0.25) is 0 Å². The van der Waals surface area contributed by atoms with Crippen LogP contribution < -0.4 is 10.6 Å². The van der Waals surface area contributed by atoms with Crippen LogP contribution >= 0.6 is 28.1 Å². The van der Waals surface area contributed by atoms with Crippen LogP contribution in [0.1, 0.15) is 17.3 Å². The molecule has 2 rings (SSSR count). The first-order valence-electron chi connectivity index (χ1n) is 6.69. The number of rotatable bonds is 4. The lowest BCUT2D eigenvalue weighted by molar-refractivity contribution is 0.0526. The van der Waals surface area contributed by atoms with E-state index in [1.165, 1.54) is 0 Å². The normalized spacial score (nSPS) is 9.91. The maximum atomic E-state index is 11.7. The van der Waals surface area contributed by atoms with Crippen LogP contribution in [0.3, 0.4) is 0 Å². The average Bonchev–Trinajstić information content (AvgIpc) is 2.50. The fourth-order valence-electron chi connectivity index (χ4n) is 1.77. The molecule has 114 valence electrons. The molecule has 2 aromatic rings. The first kappa shape index (κ1) is 16.5. The van der Waals surface area contributed by atoms with Gasteiger partial charge < -0.3 is 15.4 Å².